The zero-order valence-electron chi connectivity index (χ0n) is 16.0. The first-order valence-electron chi connectivity index (χ1n) is 9.09. The molecule has 1 aliphatic rings. The highest BCUT2D eigenvalue weighted by Gasteiger charge is 2.32. The third-order valence-electron chi connectivity index (χ3n) is 4.44. The van der Waals surface area contributed by atoms with Crippen molar-refractivity contribution >= 4 is 23.5 Å². The number of benzene rings is 1. The van der Waals surface area contributed by atoms with Crippen LogP contribution in [0.4, 0.5) is 5.69 Å². The van der Waals surface area contributed by atoms with Crippen LogP contribution in [0, 0.1) is 11.3 Å². The van der Waals surface area contributed by atoms with Gasteiger partial charge in [-0.3, -0.25) is 9.59 Å². The summed E-state index contributed by atoms with van der Waals surface area (Å²) in [5.74, 6) is -0.491. The minimum Gasteiger partial charge on any atom is -0.462 e. The second-order valence-corrected chi connectivity index (χ2v) is 7.61. The third kappa shape index (κ3) is 5.07. The summed E-state index contributed by atoms with van der Waals surface area (Å²) >= 11 is 0. The van der Waals surface area contributed by atoms with E-state index in [-0.39, 0.29) is 17.7 Å². The molecule has 1 aliphatic heterocycles. The van der Waals surface area contributed by atoms with Crippen molar-refractivity contribution in [1.29, 1.82) is 0 Å². The highest BCUT2D eigenvalue weighted by molar-refractivity contribution is 5.95. The number of likely N-dealkylation sites (tertiary alicyclic amines) is 1. The Morgan fingerprint density at radius 3 is 2.42 bits per heavy atom. The highest BCUT2D eigenvalue weighted by atomic mass is 16.5. The van der Waals surface area contributed by atoms with E-state index in [1.807, 2.05) is 25.7 Å². The number of carbonyl (C=O) groups excluding carboxylic acids is 3. The van der Waals surface area contributed by atoms with E-state index in [0.29, 0.717) is 43.8 Å². The van der Waals surface area contributed by atoms with Crippen molar-refractivity contribution in [2.75, 3.05) is 25.0 Å². The fourth-order valence-electron chi connectivity index (χ4n) is 3.00. The Kier molecular flexibility index (Phi) is 6.40. The molecule has 0 aromatic heterocycles. The van der Waals surface area contributed by atoms with Gasteiger partial charge in [0, 0.05) is 30.1 Å². The zero-order valence-corrected chi connectivity index (χ0v) is 16.0. The number of esters is 1. The van der Waals surface area contributed by atoms with Crippen molar-refractivity contribution in [1.82, 2.24) is 4.90 Å². The van der Waals surface area contributed by atoms with Crippen molar-refractivity contribution in [3.05, 3.63) is 29.8 Å². The van der Waals surface area contributed by atoms with Crippen LogP contribution in [-0.2, 0) is 14.3 Å². The summed E-state index contributed by atoms with van der Waals surface area (Å²) in [5, 5.41) is 2.87. The molecule has 1 fully saturated rings. The van der Waals surface area contributed by atoms with Gasteiger partial charge in [0.15, 0.2) is 0 Å². The first-order chi connectivity index (χ1) is 12.2. The van der Waals surface area contributed by atoms with Crippen LogP contribution in [0.3, 0.4) is 0 Å². The van der Waals surface area contributed by atoms with E-state index in [1.54, 1.807) is 31.2 Å². The largest absolute Gasteiger partial charge is 0.462 e. The SMILES string of the molecule is CCOC(=O)c1cccc(NC(=O)C2CCN(C(=O)C(C)(C)C)CC2)c1. The normalized spacial score (nSPS) is 15.5. The van der Waals surface area contributed by atoms with Gasteiger partial charge in [-0.25, -0.2) is 4.79 Å². The van der Waals surface area contributed by atoms with E-state index in [9.17, 15) is 14.4 Å². The average Bonchev–Trinajstić information content (AvgIpc) is 2.61. The van der Waals surface area contributed by atoms with Gasteiger partial charge in [-0.1, -0.05) is 26.8 Å². The van der Waals surface area contributed by atoms with Gasteiger partial charge in [-0.05, 0) is 38.0 Å². The lowest BCUT2D eigenvalue weighted by Crippen LogP contribution is -2.45. The Morgan fingerprint density at radius 1 is 1.19 bits per heavy atom. The molecule has 1 N–H and O–H groups in total. The van der Waals surface area contributed by atoms with Gasteiger partial charge in [0.05, 0.1) is 12.2 Å². The van der Waals surface area contributed by atoms with Crippen molar-refractivity contribution in [3.8, 4) is 0 Å². The lowest BCUT2D eigenvalue weighted by molar-refractivity contribution is -0.142. The fourth-order valence-corrected chi connectivity index (χ4v) is 3.00. The minimum absolute atomic E-state index is 0.0751. The number of carbonyl (C=O) groups is 3. The first kappa shape index (κ1) is 19.9. The lowest BCUT2D eigenvalue weighted by Gasteiger charge is -2.35. The van der Waals surface area contributed by atoms with Gasteiger partial charge in [0.1, 0.15) is 0 Å². The van der Waals surface area contributed by atoms with E-state index in [0.717, 1.165) is 0 Å². The number of hydrogen-bond donors (Lipinski definition) is 1. The number of amides is 2. The van der Waals surface area contributed by atoms with E-state index < -0.39 is 11.4 Å². The zero-order chi connectivity index (χ0) is 19.3. The van der Waals surface area contributed by atoms with Crippen LogP contribution in [0.25, 0.3) is 0 Å². The number of piperidine rings is 1. The number of hydrogen-bond acceptors (Lipinski definition) is 4. The number of nitrogens with zero attached hydrogens (tertiary/aromatic N) is 1. The molecule has 0 radical (unpaired) electrons. The molecule has 0 aliphatic carbocycles. The maximum Gasteiger partial charge on any atom is 0.338 e. The average molecular weight is 360 g/mol. The molecule has 0 atom stereocenters. The van der Waals surface area contributed by atoms with Crippen LogP contribution in [0.15, 0.2) is 24.3 Å². The quantitative estimate of drug-likeness (QED) is 0.837. The van der Waals surface area contributed by atoms with Gasteiger partial charge in [0.25, 0.3) is 0 Å². The monoisotopic (exact) mass is 360 g/mol. The van der Waals surface area contributed by atoms with Gasteiger partial charge in [0.2, 0.25) is 11.8 Å². The number of rotatable bonds is 4. The van der Waals surface area contributed by atoms with Crippen molar-refractivity contribution in [2.45, 2.75) is 40.5 Å². The maximum absolute atomic E-state index is 12.5. The Hall–Kier alpha value is -2.37. The molecule has 1 aromatic rings. The molecule has 2 rings (SSSR count). The molecule has 26 heavy (non-hydrogen) atoms. The van der Waals surface area contributed by atoms with Gasteiger partial charge in [-0.2, -0.15) is 0 Å². The Labute approximate surface area is 154 Å². The van der Waals surface area contributed by atoms with Crippen molar-refractivity contribution in [3.63, 3.8) is 0 Å². The predicted octanol–water partition coefficient (Wildman–Crippen LogP) is 3.09. The third-order valence-corrected chi connectivity index (χ3v) is 4.44. The number of ether oxygens (including phenoxy) is 1. The molecule has 6 heteroatoms. The van der Waals surface area contributed by atoms with E-state index in [1.165, 1.54) is 0 Å². The van der Waals surface area contributed by atoms with Gasteiger partial charge in [-0.15, -0.1) is 0 Å². The molecule has 1 saturated heterocycles. The summed E-state index contributed by atoms with van der Waals surface area (Å²) in [6, 6.07) is 6.74. The molecular weight excluding hydrogens is 332 g/mol. The van der Waals surface area contributed by atoms with Gasteiger partial charge < -0.3 is 15.0 Å². The molecule has 6 nitrogen and oxygen atoms in total. The van der Waals surface area contributed by atoms with Crippen LogP contribution >= 0.6 is 0 Å². The first-order valence-corrected chi connectivity index (χ1v) is 9.09. The van der Waals surface area contributed by atoms with E-state index >= 15 is 0 Å². The van der Waals surface area contributed by atoms with Crippen LogP contribution in [0.2, 0.25) is 0 Å². The minimum atomic E-state index is -0.405. The van der Waals surface area contributed by atoms with Gasteiger partial charge >= 0.3 is 5.97 Å². The summed E-state index contributed by atoms with van der Waals surface area (Å²) in [4.78, 5) is 38.5. The summed E-state index contributed by atoms with van der Waals surface area (Å²) < 4.78 is 4.98. The second kappa shape index (κ2) is 8.34. The van der Waals surface area contributed by atoms with Crippen LogP contribution in [0.5, 0.6) is 0 Å². The molecule has 0 spiro atoms. The van der Waals surface area contributed by atoms with E-state index in [2.05, 4.69) is 5.32 Å². The summed E-state index contributed by atoms with van der Waals surface area (Å²) in [6.07, 6.45) is 1.29. The smallest absolute Gasteiger partial charge is 0.338 e. The van der Waals surface area contributed by atoms with Crippen LogP contribution in [0.1, 0.15) is 50.9 Å². The standard InChI is InChI=1S/C20H28N2O4/c1-5-26-18(24)15-7-6-8-16(13-15)21-17(23)14-9-11-22(12-10-14)19(25)20(2,3)4/h6-8,13-14H,5,9-12H2,1-4H3,(H,21,23). The Morgan fingerprint density at radius 2 is 1.85 bits per heavy atom. The molecule has 0 bridgehead atoms. The van der Waals surface area contributed by atoms with Crippen LogP contribution in [-0.4, -0.2) is 42.4 Å². The predicted molar refractivity (Wildman–Crippen MR) is 99.8 cm³/mol. The second-order valence-electron chi connectivity index (χ2n) is 7.61. The number of nitrogens with one attached hydrogen (secondary N) is 1. The molecular formula is C20H28N2O4. The van der Waals surface area contributed by atoms with E-state index in [4.69, 9.17) is 4.74 Å². The summed E-state index contributed by atoms with van der Waals surface area (Å²) in [6.45, 7) is 8.97. The molecule has 0 unspecified atom stereocenters. The molecule has 1 heterocycles. The Bertz CT molecular complexity index is 671. The summed E-state index contributed by atoms with van der Waals surface area (Å²) in [5.41, 5.74) is 0.590. The highest BCUT2D eigenvalue weighted by Crippen LogP contribution is 2.24. The topological polar surface area (TPSA) is 75.7 Å². The van der Waals surface area contributed by atoms with Crippen LogP contribution < -0.4 is 5.32 Å². The Balaban J connectivity index is 1.92. The molecule has 142 valence electrons. The van der Waals surface area contributed by atoms with Crippen molar-refractivity contribution in [2.24, 2.45) is 11.3 Å². The molecule has 1 aromatic carbocycles. The fraction of sp³-hybridized carbons (Fsp3) is 0.550. The lowest BCUT2D eigenvalue weighted by atomic mass is 9.90. The number of anilines is 1. The van der Waals surface area contributed by atoms with Crippen molar-refractivity contribution < 1.29 is 19.1 Å². The maximum atomic E-state index is 12.5. The summed E-state index contributed by atoms with van der Waals surface area (Å²) in [7, 11) is 0. The molecule has 2 amide bonds. The molecule has 0 saturated carbocycles.